The minimum Gasteiger partial charge on any atom is -0.465 e. The Morgan fingerprint density at radius 2 is 1.93 bits per heavy atom. The van der Waals surface area contributed by atoms with E-state index in [0.717, 1.165) is 0 Å². The molecule has 0 saturated carbocycles. The summed E-state index contributed by atoms with van der Waals surface area (Å²) in [5, 5.41) is 11.2. The summed E-state index contributed by atoms with van der Waals surface area (Å²) in [6.45, 7) is -1.77. The summed E-state index contributed by atoms with van der Waals surface area (Å²) >= 11 is 0. The first-order valence-corrected chi connectivity index (χ1v) is 8.60. The van der Waals surface area contributed by atoms with Crippen LogP contribution in [0.15, 0.2) is 53.2 Å². The van der Waals surface area contributed by atoms with Gasteiger partial charge in [-0.1, -0.05) is 12.1 Å². The van der Waals surface area contributed by atoms with Gasteiger partial charge in [-0.3, -0.25) is 9.59 Å². The number of nitriles is 1. The van der Waals surface area contributed by atoms with Crippen molar-refractivity contribution in [2.45, 2.75) is 19.1 Å². The molecule has 2 aromatic rings. The van der Waals surface area contributed by atoms with E-state index in [1.54, 1.807) is 12.1 Å². The van der Waals surface area contributed by atoms with Crippen LogP contribution in [0.1, 0.15) is 23.3 Å². The lowest BCUT2D eigenvalue weighted by Gasteiger charge is -2.24. The third-order valence-electron chi connectivity index (χ3n) is 3.76. The van der Waals surface area contributed by atoms with Crippen LogP contribution in [0.25, 0.3) is 6.08 Å². The molecule has 1 aromatic heterocycles. The molecule has 152 valence electrons. The Morgan fingerprint density at radius 1 is 1.21 bits per heavy atom. The van der Waals surface area contributed by atoms with Crippen molar-refractivity contribution < 1.29 is 27.2 Å². The van der Waals surface area contributed by atoms with Gasteiger partial charge in [0.15, 0.2) is 0 Å². The SMILES string of the molecule is N#Cc1ccc(CN(CC(F)(F)F)C(=O)CCNC(=O)/C=C/c2ccco2)cc1. The normalized spacial score (nSPS) is 11.2. The highest BCUT2D eigenvalue weighted by Gasteiger charge is 2.32. The average Bonchev–Trinajstić information content (AvgIpc) is 3.19. The standard InChI is InChI=1S/C20H18F3N3O3/c21-20(22,23)14-26(13-16-5-3-15(12-24)4-6-16)19(28)9-10-25-18(27)8-7-17-2-1-11-29-17/h1-8,11H,9-10,13-14H2,(H,25,27)/b8-7+. The third-order valence-corrected chi connectivity index (χ3v) is 3.76. The van der Waals surface area contributed by atoms with Gasteiger partial charge in [0.2, 0.25) is 11.8 Å². The van der Waals surface area contributed by atoms with Crippen LogP contribution in [0.4, 0.5) is 13.2 Å². The van der Waals surface area contributed by atoms with Gasteiger partial charge in [0, 0.05) is 25.6 Å². The minimum atomic E-state index is -4.56. The molecular weight excluding hydrogens is 387 g/mol. The number of carbonyl (C=O) groups is 2. The quantitative estimate of drug-likeness (QED) is 0.683. The van der Waals surface area contributed by atoms with Crippen molar-refractivity contribution in [3.63, 3.8) is 0 Å². The number of carbonyl (C=O) groups excluding carboxylic acids is 2. The summed E-state index contributed by atoms with van der Waals surface area (Å²) in [6, 6.07) is 11.1. The van der Waals surface area contributed by atoms with E-state index in [1.807, 2.05) is 6.07 Å². The summed E-state index contributed by atoms with van der Waals surface area (Å²) in [7, 11) is 0. The van der Waals surface area contributed by atoms with Gasteiger partial charge in [0.05, 0.1) is 17.9 Å². The summed E-state index contributed by atoms with van der Waals surface area (Å²) < 4.78 is 43.6. The van der Waals surface area contributed by atoms with Crippen LogP contribution < -0.4 is 5.32 Å². The highest BCUT2D eigenvalue weighted by molar-refractivity contribution is 5.91. The number of hydrogen-bond acceptors (Lipinski definition) is 4. The van der Waals surface area contributed by atoms with E-state index in [0.29, 0.717) is 21.8 Å². The maximum Gasteiger partial charge on any atom is 0.406 e. The molecule has 0 fully saturated rings. The highest BCUT2D eigenvalue weighted by atomic mass is 19.4. The van der Waals surface area contributed by atoms with Crippen LogP contribution in [0, 0.1) is 11.3 Å². The monoisotopic (exact) mass is 405 g/mol. The maximum atomic E-state index is 12.8. The molecule has 0 atom stereocenters. The minimum absolute atomic E-state index is 0.109. The summed E-state index contributed by atoms with van der Waals surface area (Å²) in [5.41, 5.74) is 0.833. The lowest BCUT2D eigenvalue weighted by atomic mass is 10.1. The second-order valence-electron chi connectivity index (χ2n) is 6.06. The van der Waals surface area contributed by atoms with Crippen LogP contribution in [0.5, 0.6) is 0 Å². The predicted octanol–water partition coefficient (Wildman–Crippen LogP) is 3.26. The molecule has 0 aliphatic carbocycles. The molecule has 0 saturated heterocycles. The van der Waals surface area contributed by atoms with Crippen LogP contribution >= 0.6 is 0 Å². The summed E-state index contributed by atoms with van der Waals surface area (Å²) in [5.74, 6) is -0.777. The number of benzene rings is 1. The zero-order valence-corrected chi connectivity index (χ0v) is 15.3. The molecule has 29 heavy (non-hydrogen) atoms. The van der Waals surface area contributed by atoms with Gasteiger partial charge < -0.3 is 14.6 Å². The molecule has 0 unspecified atom stereocenters. The fourth-order valence-electron chi connectivity index (χ4n) is 2.41. The molecule has 1 N–H and O–H groups in total. The average molecular weight is 405 g/mol. The molecule has 2 rings (SSSR count). The Labute approximate surface area is 165 Å². The second-order valence-corrected chi connectivity index (χ2v) is 6.06. The fourth-order valence-corrected chi connectivity index (χ4v) is 2.41. The number of halogens is 3. The lowest BCUT2D eigenvalue weighted by Crippen LogP contribution is -2.40. The number of rotatable bonds is 8. The van der Waals surface area contributed by atoms with Crippen LogP contribution in [0.3, 0.4) is 0 Å². The molecule has 0 bridgehead atoms. The zero-order valence-electron chi connectivity index (χ0n) is 15.3. The van der Waals surface area contributed by atoms with Gasteiger partial charge in [-0.25, -0.2) is 0 Å². The van der Waals surface area contributed by atoms with E-state index >= 15 is 0 Å². The first-order valence-electron chi connectivity index (χ1n) is 8.60. The van der Waals surface area contributed by atoms with Crippen molar-refractivity contribution in [3.05, 3.63) is 65.6 Å². The van der Waals surface area contributed by atoms with Crippen molar-refractivity contribution in [3.8, 4) is 6.07 Å². The van der Waals surface area contributed by atoms with E-state index in [9.17, 15) is 22.8 Å². The largest absolute Gasteiger partial charge is 0.465 e. The molecule has 0 aliphatic rings. The van der Waals surface area contributed by atoms with Gasteiger partial charge in [0.1, 0.15) is 12.3 Å². The molecule has 6 nitrogen and oxygen atoms in total. The maximum absolute atomic E-state index is 12.8. The zero-order chi connectivity index (χ0) is 21.3. The third kappa shape index (κ3) is 7.92. The highest BCUT2D eigenvalue weighted by Crippen LogP contribution is 2.19. The molecule has 0 spiro atoms. The van der Waals surface area contributed by atoms with E-state index < -0.39 is 24.5 Å². The van der Waals surface area contributed by atoms with Gasteiger partial charge >= 0.3 is 6.18 Å². The first kappa shape index (κ1) is 21.8. The van der Waals surface area contributed by atoms with Crippen LogP contribution in [-0.4, -0.2) is 36.0 Å². The fraction of sp³-hybridized carbons (Fsp3) is 0.250. The van der Waals surface area contributed by atoms with E-state index in [2.05, 4.69) is 5.32 Å². The molecule has 9 heteroatoms. The number of hydrogen-bond donors (Lipinski definition) is 1. The number of furan rings is 1. The van der Waals surface area contributed by atoms with E-state index in [1.165, 1.54) is 42.7 Å². The van der Waals surface area contributed by atoms with Crippen LogP contribution in [0.2, 0.25) is 0 Å². The van der Waals surface area contributed by atoms with Gasteiger partial charge in [-0.15, -0.1) is 0 Å². The molecule has 2 amide bonds. The summed E-state index contributed by atoms with van der Waals surface area (Å²) in [6.07, 6.45) is -0.769. The molecule has 1 aromatic carbocycles. The number of nitrogens with zero attached hydrogens (tertiary/aromatic N) is 2. The number of alkyl halides is 3. The van der Waals surface area contributed by atoms with E-state index in [4.69, 9.17) is 9.68 Å². The Balaban J connectivity index is 1.90. The van der Waals surface area contributed by atoms with Crippen molar-refractivity contribution in [1.82, 2.24) is 10.2 Å². The van der Waals surface area contributed by atoms with Crippen molar-refractivity contribution >= 4 is 17.9 Å². The van der Waals surface area contributed by atoms with Gasteiger partial charge in [-0.2, -0.15) is 18.4 Å². The summed E-state index contributed by atoms with van der Waals surface area (Å²) in [4.78, 5) is 24.6. The Bertz CT molecular complexity index is 882. The Morgan fingerprint density at radius 3 is 2.52 bits per heavy atom. The smallest absolute Gasteiger partial charge is 0.406 e. The molecule has 0 aliphatic heterocycles. The number of nitrogens with one attached hydrogen (secondary N) is 1. The lowest BCUT2D eigenvalue weighted by molar-refractivity contribution is -0.162. The topological polar surface area (TPSA) is 86.3 Å². The predicted molar refractivity (Wildman–Crippen MR) is 98.0 cm³/mol. The molecule has 0 radical (unpaired) electrons. The molecular formula is C20H18F3N3O3. The van der Waals surface area contributed by atoms with Crippen LogP contribution in [-0.2, 0) is 16.1 Å². The Kier molecular flexibility index (Phi) is 7.60. The van der Waals surface area contributed by atoms with Crippen molar-refractivity contribution in [2.75, 3.05) is 13.1 Å². The van der Waals surface area contributed by atoms with Crippen molar-refractivity contribution in [2.24, 2.45) is 0 Å². The van der Waals surface area contributed by atoms with Gasteiger partial charge in [-0.05, 0) is 35.9 Å². The number of amides is 2. The molecule has 1 heterocycles. The van der Waals surface area contributed by atoms with Crippen molar-refractivity contribution in [1.29, 1.82) is 5.26 Å². The first-order chi connectivity index (χ1) is 13.8. The second kappa shape index (κ2) is 10.1. The van der Waals surface area contributed by atoms with E-state index in [-0.39, 0.29) is 19.5 Å². The Hall–Kier alpha value is -3.54. The van der Waals surface area contributed by atoms with Gasteiger partial charge in [0.25, 0.3) is 0 Å².